The summed E-state index contributed by atoms with van der Waals surface area (Å²) in [4.78, 5) is 22.1. The molecule has 0 radical (unpaired) electrons. The van der Waals surface area contributed by atoms with E-state index in [0.29, 0.717) is 5.84 Å². The summed E-state index contributed by atoms with van der Waals surface area (Å²) in [6, 6.07) is 9.69. The molecule has 5 heteroatoms. The first-order valence-electron chi connectivity index (χ1n) is 6.21. The number of ether oxygens (including phenoxy) is 1. The van der Waals surface area contributed by atoms with Crippen LogP contribution in [0.2, 0.25) is 0 Å². The minimum Gasteiger partial charge on any atom is -0.463 e. The zero-order valence-corrected chi connectivity index (χ0v) is 11.2. The van der Waals surface area contributed by atoms with Crippen LogP contribution in [0, 0.1) is 0 Å². The number of carbonyl (C=O) groups excluding carboxylic acids is 1. The number of carbonyl (C=O) groups is 1. The van der Waals surface area contributed by atoms with Crippen molar-refractivity contribution < 1.29 is 9.53 Å². The number of amidine groups is 2. The van der Waals surface area contributed by atoms with Crippen LogP contribution < -0.4 is 0 Å². The quantitative estimate of drug-likeness (QED) is 0.440. The summed E-state index contributed by atoms with van der Waals surface area (Å²) in [5, 5.41) is 0. The van der Waals surface area contributed by atoms with Crippen LogP contribution in [-0.2, 0) is 9.53 Å². The fraction of sp³-hybridized carbons (Fsp3) is 0.357. The lowest BCUT2D eigenvalue weighted by Gasteiger charge is -2.18. The zero-order valence-electron chi connectivity index (χ0n) is 11.2. The van der Waals surface area contributed by atoms with Gasteiger partial charge in [0.1, 0.15) is 5.84 Å². The van der Waals surface area contributed by atoms with Gasteiger partial charge in [-0.05, 0) is 18.6 Å². The number of esters is 1. The molecule has 1 aliphatic heterocycles. The second kappa shape index (κ2) is 6.13. The van der Waals surface area contributed by atoms with Crippen molar-refractivity contribution in [2.45, 2.75) is 12.8 Å². The van der Waals surface area contributed by atoms with Gasteiger partial charge >= 0.3 is 5.97 Å². The summed E-state index contributed by atoms with van der Waals surface area (Å²) in [6.45, 7) is 0.743. The fourth-order valence-electron chi connectivity index (χ4n) is 2.07. The first kappa shape index (κ1) is 13.3. The number of likely N-dealkylation sites (tertiary alicyclic amines) is 1. The van der Waals surface area contributed by atoms with Crippen molar-refractivity contribution in [3.05, 3.63) is 30.3 Å². The van der Waals surface area contributed by atoms with Crippen molar-refractivity contribution >= 4 is 23.3 Å². The molecular weight excluding hydrogens is 242 g/mol. The Morgan fingerprint density at radius 2 is 2.05 bits per heavy atom. The number of para-hydroxylation sites is 1. The minimum absolute atomic E-state index is 0.315. The van der Waals surface area contributed by atoms with Crippen molar-refractivity contribution in [2.75, 3.05) is 20.7 Å². The first-order valence-corrected chi connectivity index (χ1v) is 6.21. The van der Waals surface area contributed by atoms with Crippen LogP contribution in [0.4, 0.5) is 5.69 Å². The van der Waals surface area contributed by atoms with E-state index in [1.54, 1.807) is 7.05 Å². The summed E-state index contributed by atoms with van der Waals surface area (Å²) in [7, 11) is 2.95. The lowest BCUT2D eigenvalue weighted by atomic mass is 10.3. The van der Waals surface area contributed by atoms with Crippen molar-refractivity contribution in [1.29, 1.82) is 0 Å². The highest BCUT2D eigenvalue weighted by molar-refractivity contribution is 6.38. The smallest absolute Gasteiger partial charge is 0.373 e. The van der Waals surface area contributed by atoms with Gasteiger partial charge in [-0.1, -0.05) is 18.2 Å². The number of nitrogens with zero attached hydrogens (tertiary/aromatic N) is 3. The predicted octanol–water partition coefficient (Wildman–Crippen LogP) is 2.01. The Kier molecular flexibility index (Phi) is 4.28. The maximum Gasteiger partial charge on any atom is 0.373 e. The molecular formula is C14H17N3O2. The molecule has 1 aromatic rings. The molecule has 1 aliphatic rings. The van der Waals surface area contributed by atoms with E-state index >= 15 is 0 Å². The molecule has 0 bridgehead atoms. The van der Waals surface area contributed by atoms with E-state index in [1.165, 1.54) is 7.11 Å². The lowest BCUT2D eigenvalue weighted by Crippen LogP contribution is -2.38. The summed E-state index contributed by atoms with van der Waals surface area (Å²) in [6.07, 6.45) is 1.80. The summed E-state index contributed by atoms with van der Waals surface area (Å²) < 4.78 is 4.75. The topological polar surface area (TPSA) is 54.3 Å². The van der Waals surface area contributed by atoms with Gasteiger partial charge in [-0.2, -0.15) is 0 Å². The molecule has 2 rings (SSSR count). The second-order valence-corrected chi connectivity index (χ2v) is 4.16. The molecule has 0 atom stereocenters. The lowest BCUT2D eigenvalue weighted by molar-refractivity contribution is -0.133. The standard InChI is InChI=1S/C14H17N3O2/c1-15-13(14(18)19-2)17-10-6-9-12(17)16-11-7-4-3-5-8-11/h3-5,7-8H,6,9-10H2,1-2H3. The van der Waals surface area contributed by atoms with E-state index < -0.39 is 5.97 Å². The van der Waals surface area contributed by atoms with Gasteiger partial charge < -0.3 is 9.64 Å². The fourth-order valence-corrected chi connectivity index (χ4v) is 2.07. The average Bonchev–Trinajstić information content (AvgIpc) is 2.89. The van der Waals surface area contributed by atoms with Gasteiger partial charge in [0.15, 0.2) is 0 Å². The molecule has 0 unspecified atom stereocenters. The number of hydrogen-bond acceptors (Lipinski definition) is 4. The van der Waals surface area contributed by atoms with E-state index in [2.05, 4.69) is 9.98 Å². The highest BCUT2D eigenvalue weighted by Gasteiger charge is 2.27. The van der Waals surface area contributed by atoms with Gasteiger partial charge in [-0.15, -0.1) is 0 Å². The summed E-state index contributed by atoms with van der Waals surface area (Å²) in [5.74, 6) is 0.747. The van der Waals surface area contributed by atoms with Gasteiger partial charge in [0.25, 0.3) is 0 Å². The highest BCUT2D eigenvalue weighted by atomic mass is 16.5. The molecule has 1 saturated heterocycles. The Hall–Kier alpha value is -2.17. The van der Waals surface area contributed by atoms with Gasteiger partial charge in [0.05, 0.1) is 12.8 Å². The van der Waals surface area contributed by atoms with E-state index in [0.717, 1.165) is 30.9 Å². The van der Waals surface area contributed by atoms with E-state index in [9.17, 15) is 4.79 Å². The Labute approximate surface area is 112 Å². The molecule has 100 valence electrons. The van der Waals surface area contributed by atoms with Crippen molar-refractivity contribution in [3.8, 4) is 0 Å². The molecule has 1 aromatic carbocycles. The van der Waals surface area contributed by atoms with Gasteiger partial charge in [0, 0.05) is 20.0 Å². The van der Waals surface area contributed by atoms with Crippen molar-refractivity contribution in [2.24, 2.45) is 9.98 Å². The number of benzene rings is 1. The SMILES string of the molecule is CN=C(C(=O)OC)N1CCCC1=Nc1ccccc1. The molecule has 1 fully saturated rings. The number of aliphatic imine (C=N–C) groups is 2. The van der Waals surface area contributed by atoms with E-state index in [1.807, 2.05) is 35.2 Å². The minimum atomic E-state index is -0.426. The Balaban J connectivity index is 2.26. The molecule has 0 spiro atoms. The van der Waals surface area contributed by atoms with Crippen molar-refractivity contribution in [3.63, 3.8) is 0 Å². The molecule has 0 N–H and O–H groups in total. The molecule has 0 saturated carbocycles. The second-order valence-electron chi connectivity index (χ2n) is 4.16. The van der Waals surface area contributed by atoms with Crippen LogP contribution in [0.25, 0.3) is 0 Å². The molecule has 0 aromatic heterocycles. The van der Waals surface area contributed by atoms with Crippen LogP contribution in [0.1, 0.15) is 12.8 Å². The van der Waals surface area contributed by atoms with Gasteiger partial charge in [-0.3, -0.25) is 4.99 Å². The average molecular weight is 259 g/mol. The summed E-state index contributed by atoms with van der Waals surface area (Å²) in [5.41, 5.74) is 0.879. The molecule has 0 aliphatic carbocycles. The Bertz CT molecular complexity index is 509. The summed E-state index contributed by atoms with van der Waals surface area (Å²) >= 11 is 0. The number of methoxy groups -OCH3 is 1. The number of rotatable bonds is 1. The van der Waals surface area contributed by atoms with E-state index in [4.69, 9.17) is 4.74 Å². The Morgan fingerprint density at radius 1 is 1.32 bits per heavy atom. The largest absolute Gasteiger partial charge is 0.463 e. The van der Waals surface area contributed by atoms with Gasteiger partial charge in [0.2, 0.25) is 5.84 Å². The third kappa shape index (κ3) is 2.99. The predicted molar refractivity (Wildman–Crippen MR) is 74.9 cm³/mol. The van der Waals surface area contributed by atoms with E-state index in [-0.39, 0.29) is 0 Å². The normalized spacial score (nSPS) is 17.9. The van der Waals surface area contributed by atoms with Crippen LogP contribution in [-0.4, -0.2) is 43.2 Å². The zero-order chi connectivity index (χ0) is 13.7. The van der Waals surface area contributed by atoms with Crippen LogP contribution in [0.15, 0.2) is 40.3 Å². The first-order chi connectivity index (χ1) is 9.26. The van der Waals surface area contributed by atoms with Crippen LogP contribution in [0.3, 0.4) is 0 Å². The molecule has 0 amide bonds. The highest BCUT2D eigenvalue weighted by Crippen LogP contribution is 2.18. The molecule has 1 heterocycles. The third-order valence-electron chi connectivity index (χ3n) is 2.94. The Morgan fingerprint density at radius 3 is 2.68 bits per heavy atom. The monoisotopic (exact) mass is 259 g/mol. The third-order valence-corrected chi connectivity index (χ3v) is 2.94. The molecule has 19 heavy (non-hydrogen) atoms. The van der Waals surface area contributed by atoms with Crippen LogP contribution in [0.5, 0.6) is 0 Å². The molecule has 5 nitrogen and oxygen atoms in total. The maximum absolute atomic E-state index is 11.7. The van der Waals surface area contributed by atoms with Crippen molar-refractivity contribution in [1.82, 2.24) is 4.90 Å². The van der Waals surface area contributed by atoms with Crippen LogP contribution >= 0.6 is 0 Å². The number of hydrogen-bond donors (Lipinski definition) is 0. The van der Waals surface area contributed by atoms with Gasteiger partial charge in [-0.25, -0.2) is 9.79 Å². The maximum atomic E-state index is 11.7.